The van der Waals surface area contributed by atoms with E-state index in [9.17, 15) is 18.0 Å². The second kappa shape index (κ2) is 8.11. The van der Waals surface area contributed by atoms with E-state index >= 15 is 0 Å². The molecule has 4 nitrogen and oxygen atoms in total. The van der Waals surface area contributed by atoms with Gasteiger partial charge in [-0.25, -0.2) is 4.98 Å². The van der Waals surface area contributed by atoms with Crippen LogP contribution in [0.2, 0.25) is 0 Å². The maximum absolute atomic E-state index is 13.0. The van der Waals surface area contributed by atoms with Crippen LogP contribution in [-0.2, 0) is 6.18 Å². The van der Waals surface area contributed by atoms with Gasteiger partial charge in [0.05, 0.1) is 11.1 Å². The normalized spacial score (nSPS) is 11.5. The molecule has 0 unspecified atom stereocenters. The summed E-state index contributed by atoms with van der Waals surface area (Å²) < 4.78 is 39.0. The summed E-state index contributed by atoms with van der Waals surface area (Å²) in [6.45, 7) is 6.87. The molecule has 0 aliphatic heterocycles. The number of hydrogen-bond donors (Lipinski definition) is 1. The molecule has 0 aliphatic carbocycles. The highest BCUT2D eigenvalue weighted by atomic mass is 19.4. The fraction of sp³-hybridized carbons (Fsp3) is 0.273. The average molecular weight is 401 g/mol. The molecule has 0 fully saturated rings. The Labute approximate surface area is 167 Å². The molecule has 0 aliphatic rings. The molecule has 0 saturated heterocycles. The van der Waals surface area contributed by atoms with E-state index in [0.29, 0.717) is 29.9 Å². The Hall–Kier alpha value is -3.09. The maximum atomic E-state index is 13.0. The first kappa shape index (κ1) is 20.6. The number of rotatable bonds is 5. The molecule has 1 amide bonds. The van der Waals surface area contributed by atoms with Crippen molar-refractivity contribution in [3.63, 3.8) is 0 Å². The second-order valence-electron chi connectivity index (χ2n) is 6.70. The molecular formula is C22H22F3N3O. The van der Waals surface area contributed by atoms with Gasteiger partial charge in [-0.05, 0) is 44.5 Å². The van der Waals surface area contributed by atoms with Crippen LogP contribution < -0.4 is 5.32 Å². The summed E-state index contributed by atoms with van der Waals surface area (Å²) >= 11 is 0. The zero-order chi connectivity index (χ0) is 21.2. The number of benzene rings is 2. The number of halogens is 3. The number of nitrogens with one attached hydrogen (secondary N) is 1. The van der Waals surface area contributed by atoms with Gasteiger partial charge in [0.15, 0.2) is 0 Å². The summed E-state index contributed by atoms with van der Waals surface area (Å²) in [5.74, 6) is 0.284. The monoisotopic (exact) mass is 401 g/mol. The van der Waals surface area contributed by atoms with E-state index in [1.165, 1.54) is 12.3 Å². The fourth-order valence-electron chi connectivity index (χ4n) is 3.34. The second-order valence-corrected chi connectivity index (χ2v) is 6.70. The third-order valence-corrected chi connectivity index (χ3v) is 4.85. The highest BCUT2D eigenvalue weighted by molar-refractivity contribution is 6.10. The lowest BCUT2D eigenvalue weighted by molar-refractivity contribution is -0.137. The molecule has 0 spiro atoms. The smallest absolute Gasteiger partial charge is 0.340 e. The van der Waals surface area contributed by atoms with Gasteiger partial charge < -0.3 is 10.2 Å². The first-order valence-corrected chi connectivity index (χ1v) is 9.38. The fourth-order valence-corrected chi connectivity index (χ4v) is 3.34. The zero-order valence-electron chi connectivity index (χ0n) is 16.5. The van der Waals surface area contributed by atoms with Gasteiger partial charge in [-0.15, -0.1) is 0 Å². The summed E-state index contributed by atoms with van der Waals surface area (Å²) in [5.41, 5.74) is 0.915. The van der Waals surface area contributed by atoms with Crippen molar-refractivity contribution in [2.75, 3.05) is 18.4 Å². The zero-order valence-corrected chi connectivity index (χ0v) is 16.5. The maximum Gasteiger partial charge on any atom is 0.416 e. The third-order valence-electron chi connectivity index (χ3n) is 4.85. The number of carbonyl (C=O) groups is 1. The molecule has 0 atom stereocenters. The number of anilines is 2. The molecule has 152 valence electrons. The van der Waals surface area contributed by atoms with Crippen LogP contribution in [0.15, 0.2) is 48.7 Å². The number of aromatic nitrogens is 1. The lowest BCUT2D eigenvalue weighted by Crippen LogP contribution is -2.30. The molecule has 3 aromatic rings. The van der Waals surface area contributed by atoms with Gasteiger partial charge in [-0.3, -0.25) is 4.79 Å². The molecule has 3 rings (SSSR count). The van der Waals surface area contributed by atoms with Crippen LogP contribution in [0.5, 0.6) is 0 Å². The Morgan fingerprint density at radius 1 is 1.10 bits per heavy atom. The van der Waals surface area contributed by atoms with E-state index in [2.05, 4.69) is 10.3 Å². The predicted molar refractivity (Wildman–Crippen MR) is 108 cm³/mol. The first-order chi connectivity index (χ1) is 13.8. The van der Waals surface area contributed by atoms with Gasteiger partial charge in [-0.1, -0.05) is 24.3 Å². The number of aryl methyl sites for hydroxylation is 1. The number of pyridine rings is 1. The quantitative estimate of drug-likeness (QED) is 0.589. The van der Waals surface area contributed by atoms with Crippen molar-refractivity contribution in [3.05, 3.63) is 65.4 Å². The van der Waals surface area contributed by atoms with E-state index in [1.54, 1.807) is 11.0 Å². The Balaban J connectivity index is 2.09. The van der Waals surface area contributed by atoms with Gasteiger partial charge in [0, 0.05) is 35.7 Å². The number of fused-ring (bicyclic) bond motifs is 1. The van der Waals surface area contributed by atoms with Crippen LogP contribution >= 0.6 is 0 Å². The van der Waals surface area contributed by atoms with Crippen molar-refractivity contribution in [1.82, 2.24) is 9.88 Å². The Morgan fingerprint density at radius 2 is 1.79 bits per heavy atom. The summed E-state index contributed by atoms with van der Waals surface area (Å²) in [4.78, 5) is 19.0. The summed E-state index contributed by atoms with van der Waals surface area (Å²) in [7, 11) is 0. The molecule has 2 aromatic carbocycles. The molecule has 29 heavy (non-hydrogen) atoms. The molecule has 1 aromatic heterocycles. The number of carbonyl (C=O) groups excluding carboxylic acids is 1. The lowest BCUT2D eigenvalue weighted by atomic mass is 10.0. The van der Waals surface area contributed by atoms with Crippen molar-refractivity contribution in [2.45, 2.75) is 26.9 Å². The summed E-state index contributed by atoms with van der Waals surface area (Å²) in [5, 5.41) is 4.40. The van der Waals surface area contributed by atoms with Crippen LogP contribution in [0.4, 0.5) is 24.7 Å². The Bertz CT molecular complexity index is 1040. The first-order valence-electron chi connectivity index (χ1n) is 9.38. The van der Waals surface area contributed by atoms with Gasteiger partial charge in [-0.2, -0.15) is 13.2 Å². The molecule has 0 saturated carbocycles. The summed E-state index contributed by atoms with van der Waals surface area (Å²) in [6, 6.07) is 10.5. The van der Waals surface area contributed by atoms with Gasteiger partial charge in [0.25, 0.3) is 5.91 Å². The minimum atomic E-state index is -4.43. The standard InChI is InChI=1S/C22H22F3N3O/c1-4-28(5-2)21(29)18-13-26-20(17-11-6-8-14(3)19(17)18)27-16-10-7-9-15(12-16)22(23,24)25/h6-13H,4-5H2,1-3H3,(H,26,27). The number of amides is 1. The molecule has 0 bridgehead atoms. The minimum absolute atomic E-state index is 0.118. The predicted octanol–water partition coefficient (Wildman–Crippen LogP) is 5.79. The van der Waals surface area contributed by atoms with E-state index in [0.717, 1.165) is 23.1 Å². The number of nitrogens with zero attached hydrogens (tertiary/aromatic N) is 2. The highest BCUT2D eigenvalue weighted by Gasteiger charge is 2.30. The molecule has 1 heterocycles. The van der Waals surface area contributed by atoms with Crippen molar-refractivity contribution < 1.29 is 18.0 Å². The van der Waals surface area contributed by atoms with E-state index in [-0.39, 0.29) is 11.6 Å². The topological polar surface area (TPSA) is 45.2 Å². The largest absolute Gasteiger partial charge is 0.416 e. The van der Waals surface area contributed by atoms with E-state index in [4.69, 9.17) is 0 Å². The average Bonchev–Trinajstić information content (AvgIpc) is 2.69. The van der Waals surface area contributed by atoms with Gasteiger partial charge in [0.2, 0.25) is 0 Å². The van der Waals surface area contributed by atoms with Gasteiger partial charge in [0.1, 0.15) is 5.82 Å². The Kier molecular flexibility index (Phi) is 5.77. The third kappa shape index (κ3) is 4.18. The molecule has 1 N–H and O–H groups in total. The van der Waals surface area contributed by atoms with Crippen molar-refractivity contribution >= 4 is 28.2 Å². The molecular weight excluding hydrogens is 379 g/mol. The highest BCUT2D eigenvalue weighted by Crippen LogP contribution is 2.33. The molecule has 7 heteroatoms. The molecule has 0 radical (unpaired) electrons. The summed E-state index contributed by atoms with van der Waals surface area (Å²) in [6.07, 6.45) is -2.93. The van der Waals surface area contributed by atoms with Crippen LogP contribution in [0.25, 0.3) is 10.8 Å². The number of alkyl halides is 3. The van der Waals surface area contributed by atoms with Crippen LogP contribution in [0.1, 0.15) is 35.3 Å². The van der Waals surface area contributed by atoms with Crippen LogP contribution in [0.3, 0.4) is 0 Å². The van der Waals surface area contributed by atoms with Crippen LogP contribution in [-0.4, -0.2) is 28.9 Å². The van der Waals surface area contributed by atoms with Crippen LogP contribution in [0, 0.1) is 6.92 Å². The van der Waals surface area contributed by atoms with E-state index < -0.39 is 11.7 Å². The van der Waals surface area contributed by atoms with Crippen molar-refractivity contribution in [2.24, 2.45) is 0 Å². The SMILES string of the molecule is CCN(CC)C(=O)c1cnc(Nc2cccc(C(F)(F)F)c2)c2cccc(C)c12. The lowest BCUT2D eigenvalue weighted by Gasteiger charge is -2.21. The van der Waals surface area contributed by atoms with Crippen molar-refractivity contribution in [1.29, 1.82) is 0 Å². The Morgan fingerprint density at radius 3 is 2.45 bits per heavy atom. The van der Waals surface area contributed by atoms with Gasteiger partial charge >= 0.3 is 6.18 Å². The minimum Gasteiger partial charge on any atom is -0.340 e. The van der Waals surface area contributed by atoms with Crippen molar-refractivity contribution in [3.8, 4) is 0 Å². The number of hydrogen-bond acceptors (Lipinski definition) is 3. The van der Waals surface area contributed by atoms with E-state index in [1.807, 2.05) is 39.0 Å².